The minimum Gasteiger partial charge on any atom is -0.481 e. The predicted molar refractivity (Wildman–Crippen MR) is 109 cm³/mol. The number of amides is 1. The van der Waals surface area contributed by atoms with Crippen LogP contribution in [0.2, 0.25) is 10.0 Å². The molecule has 1 amide bonds. The van der Waals surface area contributed by atoms with E-state index in [1.807, 2.05) is 30.3 Å². The van der Waals surface area contributed by atoms with E-state index in [0.29, 0.717) is 5.69 Å². The third kappa shape index (κ3) is 5.56. The van der Waals surface area contributed by atoms with Crippen LogP contribution in [-0.2, 0) is 11.3 Å². The smallest absolute Gasteiger partial charge is 0.266 e. The Kier molecular flexibility index (Phi) is 6.85. The lowest BCUT2D eigenvalue weighted by atomic mass is 10.1. The van der Waals surface area contributed by atoms with E-state index in [0.717, 1.165) is 17.7 Å². The molecule has 0 saturated carbocycles. The molecule has 0 saturated heterocycles. The molecule has 0 atom stereocenters. The molecule has 2 aromatic carbocycles. The molecule has 150 valence electrons. The molecule has 0 radical (unpaired) electrons. The SMILES string of the molecule is O=C(COc1c(Cl)cc(F)cc1Cl)NCCn1nc(-c2ccccc2)ccc1=O. The first-order valence-corrected chi connectivity index (χ1v) is 9.37. The van der Waals surface area contributed by atoms with Gasteiger partial charge in [-0.2, -0.15) is 5.10 Å². The van der Waals surface area contributed by atoms with Crippen molar-refractivity contribution in [1.29, 1.82) is 0 Å². The van der Waals surface area contributed by atoms with E-state index in [-0.39, 0.29) is 41.1 Å². The second kappa shape index (κ2) is 9.54. The van der Waals surface area contributed by atoms with E-state index in [9.17, 15) is 14.0 Å². The molecule has 0 aliphatic heterocycles. The second-order valence-corrected chi connectivity index (χ2v) is 6.80. The Labute approximate surface area is 175 Å². The van der Waals surface area contributed by atoms with Gasteiger partial charge in [0, 0.05) is 18.2 Å². The fraction of sp³-hybridized carbons (Fsp3) is 0.150. The van der Waals surface area contributed by atoms with Crippen LogP contribution in [0, 0.1) is 5.82 Å². The van der Waals surface area contributed by atoms with Crippen LogP contribution in [0.25, 0.3) is 11.3 Å². The topological polar surface area (TPSA) is 73.2 Å². The van der Waals surface area contributed by atoms with Crippen LogP contribution in [0.1, 0.15) is 0 Å². The molecule has 0 bridgehead atoms. The van der Waals surface area contributed by atoms with Crippen molar-refractivity contribution < 1.29 is 13.9 Å². The van der Waals surface area contributed by atoms with Gasteiger partial charge < -0.3 is 10.1 Å². The first-order valence-electron chi connectivity index (χ1n) is 8.61. The van der Waals surface area contributed by atoms with Gasteiger partial charge in [0.15, 0.2) is 12.4 Å². The first-order chi connectivity index (χ1) is 13.9. The molecule has 1 N–H and O–H groups in total. The summed E-state index contributed by atoms with van der Waals surface area (Å²) in [6, 6.07) is 14.6. The average Bonchev–Trinajstić information content (AvgIpc) is 2.69. The van der Waals surface area contributed by atoms with Gasteiger partial charge in [0.2, 0.25) is 0 Å². The van der Waals surface area contributed by atoms with Gasteiger partial charge in [-0.3, -0.25) is 9.59 Å². The monoisotopic (exact) mass is 435 g/mol. The fourth-order valence-electron chi connectivity index (χ4n) is 2.53. The molecule has 1 aromatic heterocycles. The highest BCUT2D eigenvalue weighted by Gasteiger charge is 2.12. The highest BCUT2D eigenvalue weighted by molar-refractivity contribution is 6.37. The van der Waals surface area contributed by atoms with Gasteiger partial charge in [-0.1, -0.05) is 53.5 Å². The van der Waals surface area contributed by atoms with Crippen LogP contribution in [0.3, 0.4) is 0 Å². The van der Waals surface area contributed by atoms with Gasteiger partial charge in [-0.15, -0.1) is 0 Å². The molecule has 9 heteroatoms. The third-order valence-corrected chi connectivity index (χ3v) is 4.45. The summed E-state index contributed by atoms with van der Waals surface area (Å²) in [4.78, 5) is 24.0. The summed E-state index contributed by atoms with van der Waals surface area (Å²) in [7, 11) is 0. The Hall–Kier alpha value is -2.90. The fourth-order valence-corrected chi connectivity index (χ4v) is 3.10. The summed E-state index contributed by atoms with van der Waals surface area (Å²) in [5, 5.41) is 6.87. The quantitative estimate of drug-likeness (QED) is 0.615. The lowest BCUT2D eigenvalue weighted by Gasteiger charge is -2.11. The number of carbonyl (C=O) groups excluding carboxylic acids is 1. The van der Waals surface area contributed by atoms with E-state index in [4.69, 9.17) is 27.9 Å². The maximum atomic E-state index is 13.2. The van der Waals surface area contributed by atoms with Crippen molar-refractivity contribution in [2.75, 3.05) is 13.2 Å². The molecule has 1 heterocycles. The standard InChI is InChI=1S/C20H16Cl2FN3O3/c21-15-10-14(23)11-16(22)20(15)29-12-18(27)24-8-9-26-19(28)7-6-17(25-26)13-4-2-1-3-5-13/h1-7,10-11H,8-9,12H2,(H,24,27). The number of nitrogens with one attached hydrogen (secondary N) is 1. The van der Waals surface area contributed by atoms with Gasteiger partial charge in [0.05, 0.1) is 22.3 Å². The number of benzene rings is 2. The summed E-state index contributed by atoms with van der Waals surface area (Å²) in [5.41, 5.74) is 1.26. The van der Waals surface area contributed by atoms with Gasteiger partial charge in [-0.05, 0) is 18.2 Å². The molecule has 0 spiro atoms. The summed E-state index contributed by atoms with van der Waals surface area (Å²) < 4.78 is 19.7. The van der Waals surface area contributed by atoms with Gasteiger partial charge in [-0.25, -0.2) is 9.07 Å². The number of hydrogen-bond donors (Lipinski definition) is 1. The molecular weight excluding hydrogens is 420 g/mol. The van der Waals surface area contributed by atoms with Crippen molar-refractivity contribution in [2.45, 2.75) is 6.54 Å². The summed E-state index contributed by atoms with van der Waals surface area (Å²) in [5.74, 6) is -1.03. The summed E-state index contributed by atoms with van der Waals surface area (Å²) in [6.07, 6.45) is 0. The number of halogens is 3. The Morgan fingerprint density at radius 3 is 2.48 bits per heavy atom. The number of nitrogens with zero attached hydrogens (tertiary/aromatic N) is 2. The van der Waals surface area contributed by atoms with Crippen molar-refractivity contribution in [3.63, 3.8) is 0 Å². The van der Waals surface area contributed by atoms with Crippen LogP contribution in [0.5, 0.6) is 5.75 Å². The molecular formula is C20H16Cl2FN3O3. The molecule has 0 aliphatic carbocycles. The Morgan fingerprint density at radius 1 is 1.10 bits per heavy atom. The zero-order valence-electron chi connectivity index (χ0n) is 15.1. The van der Waals surface area contributed by atoms with Crippen molar-refractivity contribution in [2.24, 2.45) is 0 Å². The van der Waals surface area contributed by atoms with Crippen LogP contribution in [0.15, 0.2) is 59.4 Å². The Morgan fingerprint density at radius 2 is 1.79 bits per heavy atom. The maximum absolute atomic E-state index is 13.2. The van der Waals surface area contributed by atoms with E-state index in [1.165, 1.54) is 10.7 Å². The number of aromatic nitrogens is 2. The highest BCUT2D eigenvalue weighted by atomic mass is 35.5. The van der Waals surface area contributed by atoms with Crippen molar-refractivity contribution >= 4 is 29.1 Å². The largest absolute Gasteiger partial charge is 0.481 e. The summed E-state index contributed by atoms with van der Waals surface area (Å²) >= 11 is 11.7. The van der Waals surface area contributed by atoms with Crippen LogP contribution >= 0.6 is 23.2 Å². The average molecular weight is 436 g/mol. The number of hydrogen-bond acceptors (Lipinski definition) is 4. The minimum atomic E-state index is -0.604. The van der Waals surface area contributed by atoms with Gasteiger partial charge in [0.1, 0.15) is 5.82 Å². The van der Waals surface area contributed by atoms with Crippen molar-refractivity contribution in [3.05, 3.63) is 80.8 Å². The van der Waals surface area contributed by atoms with Crippen LogP contribution < -0.4 is 15.6 Å². The Bertz CT molecular complexity index is 1050. The zero-order valence-corrected chi connectivity index (χ0v) is 16.6. The van der Waals surface area contributed by atoms with Gasteiger partial charge >= 0.3 is 0 Å². The summed E-state index contributed by atoms with van der Waals surface area (Å²) in [6.45, 7) is -0.0149. The molecule has 29 heavy (non-hydrogen) atoms. The first kappa shape index (κ1) is 20.8. The Balaban J connectivity index is 1.55. The van der Waals surface area contributed by atoms with Crippen molar-refractivity contribution in [1.82, 2.24) is 15.1 Å². The van der Waals surface area contributed by atoms with E-state index in [1.54, 1.807) is 6.07 Å². The molecule has 0 unspecified atom stereocenters. The number of ether oxygens (including phenoxy) is 1. The molecule has 0 fully saturated rings. The van der Waals surface area contributed by atoms with Crippen molar-refractivity contribution in [3.8, 4) is 17.0 Å². The third-order valence-electron chi connectivity index (χ3n) is 3.89. The second-order valence-electron chi connectivity index (χ2n) is 5.98. The predicted octanol–water partition coefficient (Wildman–Crippen LogP) is 3.55. The maximum Gasteiger partial charge on any atom is 0.266 e. The van der Waals surface area contributed by atoms with E-state index >= 15 is 0 Å². The van der Waals surface area contributed by atoms with E-state index in [2.05, 4.69) is 10.4 Å². The lowest BCUT2D eigenvalue weighted by Crippen LogP contribution is -2.34. The zero-order chi connectivity index (χ0) is 20.8. The van der Waals surface area contributed by atoms with E-state index < -0.39 is 11.7 Å². The number of carbonyl (C=O) groups is 1. The molecule has 0 aliphatic rings. The molecule has 3 rings (SSSR count). The van der Waals surface area contributed by atoms with Crippen LogP contribution in [-0.4, -0.2) is 28.8 Å². The minimum absolute atomic E-state index is 0.0262. The van der Waals surface area contributed by atoms with Gasteiger partial charge in [0.25, 0.3) is 11.5 Å². The lowest BCUT2D eigenvalue weighted by molar-refractivity contribution is -0.123. The van der Waals surface area contributed by atoms with Crippen LogP contribution in [0.4, 0.5) is 4.39 Å². The normalized spacial score (nSPS) is 10.6. The molecule has 6 nitrogen and oxygen atoms in total. The highest BCUT2D eigenvalue weighted by Crippen LogP contribution is 2.33. The number of rotatable bonds is 7. The molecule has 3 aromatic rings.